The van der Waals surface area contributed by atoms with Crippen molar-refractivity contribution in [1.82, 2.24) is 25.6 Å². The molecule has 5 aromatic rings. The smallest absolute Gasteiger partial charge is 0.180 e. The molecule has 0 radical (unpaired) electrons. The monoisotopic (exact) mass is 504 g/mol. The Morgan fingerprint density at radius 1 is 0.816 bits per heavy atom. The Labute approximate surface area is 223 Å². The lowest BCUT2D eigenvalue weighted by Gasteiger charge is -2.25. The molecule has 38 heavy (non-hydrogen) atoms. The van der Waals surface area contributed by atoms with Crippen molar-refractivity contribution in [1.29, 1.82) is 0 Å². The quantitative estimate of drug-likeness (QED) is 0.186. The molecule has 2 heterocycles. The topological polar surface area (TPSA) is 94.6 Å². The second-order valence-corrected chi connectivity index (χ2v) is 9.20. The highest BCUT2D eigenvalue weighted by Gasteiger charge is 2.16. The number of hydrogen-bond donors (Lipinski definition) is 3. The molecule has 3 N–H and O–H groups in total. The first kappa shape index (κ1) is 25.0. The zero-order valence-electron chi connectivity index (χ0n) is 21.7. The van der Waals surface area contributed by atoms with Crippen LogP contribution in [0, 0.1) is 6.92 Å². The van der Waals surface area contributed by atoms with Gasteiger partial charge in [-0.25, -0.2) is 10.1 Å². The van der Waals surface area contributed by atoms with E-state index in [4.69, 9.17) is 4.98 Å². The average Bonchev–Trinajstić information content (AvgIpc) is 3.49. The molecule has 0 aliphatic carbocycles. The van der Waals surface area contributed by atoms with Gasteiger partial charge in [-0.3, -0.25) is 0 Å². The minimum atomic E-state index is 0.575. The first-order valence-electron chi connectivity index (χ1n) is 12.9. The van der Waals surface area contributed by atoms with E-state index in [2.05, 4.69) is 117 Å². The number of aryl methyl sites for hydroxylation is 1. The fourth-order valence-electron chi connectivity index (χ4n) is 4.37. The van der Waals surface area contributed by atoms with Gasteiger partial charge in [-0.1, -0.05) is 79.2 Å². The SMILES string of the molecule is CCCN(Cc1ccccc1)c1cc(NCNc2ccc(C)cc2)cc(-c2ccccc2-c2nnn[nH]2)n1. The number of tetrazole rings is 1. The molecule has 8 heteroatoms. The second kappa shape index (κ2) is 12.0. The van der Waals surface area contributed by atoms with Gasteiger partial charge in [0.25, 0.3) is 0 Å². The third-order valence-electron chi connectivity index (χ3n) is 6.29. The van der Waals surface area contributed by atoms with E-state index in [0.29, 0.717) is 12.5 Å². The van der Waals surface area contributed by atoms with Crippen LogP contribution < -0.4 is 15.5 Å². The molecule has 0 atom stereocenters. The summed E-state index contributed by atoms with van der Waals surface area (Å²) in [5.74, 6) is 1.52. The summed E-state index contributed by atoms with van der Waals surface area (Å²) in [5, 5.41) is 21.6. The van der Waals surface area contributed by atoms with Crippen LogP contribution in [0.5, 0.6) is 0 Å². The standard InChI is InChI=1S/C30H32N8/c1-3-17-38(20-23-9-5-4-6-10-23)29-19-25(32-21-31-24-15-13-22(2)14-16-24)18-28(33-29)26-11-7-8-12-27(26)30-34-36-37-35-30/h4-16,18-19,31H,3,17,20-21H2,1-2H3,(H,32,33)(H,34,35,36,37). The van der Waals surface area contributed by atoms with Crippen LogP contribution in [0.1, 0.15) is 24.5 Å². The van der Waals surface area contributed by atoms with Gasteiger partial charge in [0.15, 0.2) is 5.82 Å². The summed E-state index contributed by atoms with van der Waals surface area (Å²) < 4.78 is 0. The zero-order chi connectivity index (χ0) is 26.2. The summed E-state index contributed by atoms with van der Waals surface area (Å²) in [6.07, 6.45) is 1.01. The van der Waals surface area contributed by atoms with E-state index in [1.165, 1.54) is 11.1 Å². The molecule has 0 unspecified atom stereocenters. The average molecular weight is 505 g/mol. The zero-order valence-corrected chi connectivity index (χ0v) is 21.7. The van der Waals surface area contributed by atoms with Crippen LogP contribution in [0.4, 0.5) is 17.2 Å². The lowest BCUT2D eigenvalue weighted by molar-refractivity contribution is 0.755. The minimum Gasteiger partial charge on any atom is -0.368 e. The molecule has 0 aliphatic rings. The predicted molar refractivity (Wildman–Crippen MR) is 154 cm³/mol. The third kappa shape index (κ3) is 6.15. The van der Waals surface area contributed by atoms with Gasteiger partial charge in [0.1, 0.15) is 5.82 Å². The van der Waals surface area contributed by atoms with E-state index in [9.17, 15) is 0 Å². The van der Waals surface area contributed by atoms with Crippen LogP contribution in [0.2, 0.25) is 0 Å². The highest BCUT2D eigenvalue weighted by molar-refractivity contribution is 5.81. The summed E-state index contributed by atoms with van der Waals surface area (Å²) in [6, 6.07) is 31.2. The van der Waals surface area contributed by atoms with Crippen LogP contribution in [-0.4, -0.2) is 38.8 Å². The Balaban J connectivity index is 1.50. The maximum absolute atomic E-state index is 5.15. The van der Waals surface area contributed by atoms with Crippen molar-refractivity contribution in [3.8, 4) is 22.6 Å². The van der Waals surface area contributed by atoms with Crippen LogP contribution in [0.3, 0.4) is 0 Å². The van der Waals surface area contributed by atoms with Crippen LogP contribution >= 0.6 is 0 Å². The largest absolute Gasteiger partial charge is 0.368 e. The van der Waals surface area contributed by atoms with Gasteiger partial charge in [0.05, 0.1) is 12.4 Å². The van der Waals surface area contributed by atoms with E-state index >= 15 is 0 Å². The van der Waals surface area contributed by atoms with Crippen molar-refractivity contribution in [3.63, 3.8) is 0 Å². The Bertz CT molecular complexity index is 1430. The van der Waals surface area contributed by atoms with E-state index in [1.54, 1.807) is 0 Å². The number of pyridine rings is 1. The lowest BCUT2D eigenvalue weighted by Crippen LogP contribution is -2.25. The fourth-order valence-corrected chi connectivity index (χ4v) is 4.37. The predicted octanol–water partition coefficient (Wildman–Crippen LogP) is 6.14. The van der Waals surface area contributed by atoms with Gasteiger partial charge in [0, 0.05) is 41.7 Å². The first-order valence-corrected chi connectivity index (χ1v) is 12.9. The van der Waals surface area contributed by atoms with Gasteiger partial charge in [-0.15, -0.1) is 5.10 Å². The van der Waals surface area contributed by atoms with Crippen molar-refractivity contribution < 1.29 is 0 Å². The normalized spacial score (nSPS) is 10.8. The van der Waals surface area contributed by atoms with Crippen molar-refractivity contribution in [2.24, 2.45) is 0 Å². The highest BCUT2D eigenvalue weighted by atomic mass is 15.5. The molecule has 3 aromatic carbocycles. The third-order valence-corrected chi connectivity index (χ3v) is 6.29. The highest BCUT2D eigenvalue weighted by Crippen LogP contribution is 2.32. The minimum absolute atomic E-state index is 0.575. The molecule has 0 amide bonds. The summed E-state index contributed by atoms with van der Waals surface area (Å²) in [6.45, 7) is 6.52. The van der Waals surface area contributed by atoms with Crippen LogP contribution in [0.25, 0.3) is 22.6 Å². The maximum Gasteiger partial charge on any atom is 0.180 e. The molecule has 192 valence electrons. The van der Waals surface area contributed by atoms with Crippen molar-refractivity contribution in [2.75, 3.05) is 28.7 Å². The Kier molecular flexibility index (Phi) is 7.89. The number of H-pyrrole nitrogens is 1. The summed E-state index contributed by atoms with van der Waals surface area (Å²) in [7, 11) is 0. The van der Waals surface area contributed by atoms with E-state index in [0.717, 1.165) is 53.5 Å². The summed E-state index contributed by atoms with van der Waals surface area (Å²) >= 11 is 0. The molecule has 5 rings (SSSR count). The molecule has 0 spiro atoms. The van der Waals surface area contributed by atoms with Gasteiger partial charge in [-0.05, 0) is 47.5 Å². The summed E-state index contributed by atoms with van der Waals surface area (Å²) in [5.41, 5.74) is 7.23. The Morgan fingerprint density at radius 3 is 2.29 bits per heavy atom. The van der Waals surface area contributed by atoms with E-state index in [-0.39, 0.29) is 0 Å². The lowest BCUT2D eigenvalue weighted by atomic mass is 10.0. The van der Waals surface area contributed by atoms with Crippen LogP contribution in [0.15, 0.2) is 91.0 Å². The van der Waals surface area contributed by atoms with E-state index < -0.39 is 0 Å². The number of anilines is 3. The number of rotatable bonds is 11. The molecule has 0 fully saturated rings. The number of nitrogens with zero attached hydrogens (tertiary/aromatic N) is 5. The van der Waals surface area contributed by atoms with Crippen molar-refractivity contribution in [3.05, 3.63) is 102 Å². The molecule has 0 saturated heterocycles. The Hall–Kier alpha value is -4.72. The fraction of sp³-hybridized carbons (Fsp3) is 0.200. The molecule has 0 bridgehead atoms. The van der Waals surface area contributed by atoms with Crippen molar-refractivity contribution >= 4 is 17.2 Å². The number of aromatic amines is 1. The van der Waals surface area contributed by atoms with Gasteiger partial charge < -0.3 is 15.5 Å². The molecular formula is C30H32N8. The molecule has 0 saturated carbocycles. The number of hydrogen-bond acceptors (Lipinski definition) is 7. The molecular weight excluding hydrogens is 472 g/mol. The molecule has 8 nitrogen and oxygen atoms in total. The van der Waals surface area contributed by atoms with Gasteiger partial charge >= 0.3 is 0 Å². The summed E-state index contributed by atoms with van der Waals surface area (Å²) in [4.78, 5) is 7.48. The Morgan fingerprint density at radius 2 is 1.55 bits per heavy atom. The van der Waals surface area contributed by atoms with Crippen molar-refractivity contribution in [2.45, 2.75) is 26.8 Å². The number of benzene rings is 3. The van der Waals surface area contributed by atoms with Gasteiger partial charge in [0.2, 0.25) is 0 Å². The van der Waals surface area contributed by atoms with E-state index in [1.807, 2.05) is 24.3 Å². The molecule has 2 aromatic heterocycles. The molecule has 0 aliphatic heterocycles. The number of nitrogens with one attached hydrogen (secondary N) is 3. The first-order chi connectivity index (χ1) is 18.7. The second-order valence-electron chi connectivity index (χ2n) is 9.20. The maximum atomic E-state index is 5.15. The number of aromatic nitrogens is 5. The van der Waals surface area contributed by atoms with Crippen LogP contribution in [-0.2, 0) is 6.54 Å². The van der Waals surface area contributed by atoms with Gasteiger partial charge in [-0.2, -0.15) is 0 Å².